The van der Waals surface area contributed by atoms with Gasteiger partial charge in [-0.3, -0.25) is 9.59 Å². The summed E-state index contributed by atoms with van der Waals surface area (Å²) in [7, 11) is 0. The van der Waals surface area contributed by atoms with E-state index in [0.717, 1.165) is 22.1 Å². The zero-order valence-corrected chi connectivity index (χ0v) is 18.3. The Kier molecular flexibility index (Phi) is 5.70. The summed E-state index contributed by atoms with van der Waals surface area (Å²) < 4.78 is 25.3. The minimum Gasteiger partial charge on any atom is -0.461 e. The highest BCUT2D eigenvalue weighted by Crippen LogP contribution is 2.31. The van der Waals surface area contributed by atoms with Crippen LogP contribution in [-0.2, 0) is 4.74 Å². The number of furan rings is 1. The fourth-order valence-electron chi connectivity index (χ4n) is 2.88. The predicted octanol–water partition coefficient (Wildman–Crippen LogP) is 4.37. The molecule has 3 aromatic heterocycles. The van der Waals surface area contributed by atoms with Gasteiger partial charge in [0.1, 0.15) is 10.8 Å². The number of fused-ring (bicyclic) bond motifs is 1. The lowest BCUT2D eigenvalue weighted by atomic mass is 10.2. The van der Waals surface area contributed by atoms with Gasteiger partial charge in [-0.15, -0.1) is 11.3 Å². The van der Waals surface area contributed by atoms with Crippen LogP contribution in [0.4, 0.5) is 9.39 Å². The molecule has 0 fully saturated rings. The number of thiophene rings is 1. The second-order valence-corrected chi connectivity index (χ2v) is 7.84. The molecule has 0 atom stereocenters. The van der Waals surface area contributed by atoms with E-state index in [1.165, 1.54) is 29.6 Å². The van der Waals surface area contributed by atoms with Crippen molar-refractivity contribution in [2.45, 2.75) is 6.92 Å². The SMILES string of the molecule is CCOC(=O)c1nn(-c2cccc(F)c2)c(=O)c2c(NC(=O)c3ccc(Br)o3)scc12. The molecule has 158 valence electrons. The number of carbonyl (C=O) groups excluding carboxylic acids is 2. The van der Waals surface area contributed by atoms with Crippen LogP contribution in [0.5, 0.6) is 0 Å². The molecule has 8 nitrogen and oxygen atoms in total. The number of rotatable bonds is 5. The monoisotopic (exact) mass is 505 g/mol. The van der Waals surface area contributed by atoms with Crippen LogP contribution in [0.15, 0.2) is 55.7 Å². The van der Waals surface area contributed by atoms with E-state index in [4.69, 9.17) is 9.15 Å². The molecule has 0 aliphatic rings. The van der Waals surface area contributed by atoms with E-state index in [9.17, 15) is 18.8 Å². The molecule has 0 unspecified atom stereocenters. The van der Waals surface area contributed by atoms with E-state index in [-0.39, 0.29) is 39.5 Å². The largest absolute Gasteiger partial charge is 0.461 e. The molecule has 0 spiro atoms. The maximum atomic E-state index is 13.8. The standard InChI is InChI=1S/C20H13BrFN3O5S/c1-2-29-20(28)16-12-9-31-18(23-17(26)13-6-7-14(21)30-13)15(12)19(27)25(24-16)11-5-3-4-10(22)8-11/h3-9H,2H2,1H3,(H,23,26). The van der Waals surface area contributed by atoms with E-state index < -0.39 is 23.3 Å². The molecule has 0 bridgehead atoms. The van der Waals surface area contributed by atoms with Crippen molar-refractivity contribution in [3.8, 4) is 5.69 Å². The van der Waals surface area contributed by atoms with Gasteiger partial charge in [-0.05, 0) is 53.2 Å². The Morgan fingerprint density at radius 1 is 1.32 bits per heavy atom. The highest BCUT2D eigenvalue weighted by atomic mass is 79.9. The van der Waals surface area contributed by atoms with Gasteiger partial charge in [-0.25, -0.2) is 9.18 Å². The second-order valence-electron chi connectivity index (χ2n) is 6.18. The Bertz CT molecular complexity index is 1380. The molecule has 1 aromatic carbocycles. The van der Waals surface area contributed by atoms with Gasteiger partial charge in [0, 0.05) is 10.8 Å². The minimum absolute atomic E-state index is 0.0264. The molecule has 0 saturated carbocycles. The molecule has 0 aliphatic heterocycles. The number of nitrogens with zero attached hydrogens (tertiary/aromatic N) is 2. The molecule has 3 heterocycles. The van der Waals surface area contributed by atoms with Gasteiger partial charge < -0.3 is 14.5 Å². The van der Waals surface area contributed by atoms with Crippen LogP contribution in [0.25, 0.3) is 16.5 Å². The van der Waals surface area contributed by atoms with Gasteiger partial charge >= 0.3 is 5.97 Å². The molecule has 1 amide bonds. The van der Waals surface area contributed by atoms with Crippen molar-refractivity contribution in [1.82, 2.24) is 9.78 Å². The zero-order chi connectivity index (χ0) is 22.1. The molecule has 0 radical (unpaired) electrons. The van der Waals surface area contributed by atoms with Gasteiger partial charge in [0.15, 0.2) is 16.1 Å². The van der Waals surface area contributed by atoms with Crippen molar-refractivity contribution in [2.75, 3.05) is 11.9 Å². The number of anilines is 1. The predicted molar refractivity (Wildman–Crippen MR) is 115 cm³/mol. The van der Waals surface area contributed by atoms with E-state index in [2.05, 4.69) is 26.3 Å². The van der Waals surface area contributed by atoms with Crippen molar-refractivity contribution >= 4 is 54.9 Å². The lowest BCUT2D eigenvalue weighted by Crippen LogP contribution is -2.25. The molecular weight excluding hydrogens is 493 g/mol. The summed E-state index contributed by atoms with van der Waals surface area (Å²) in [5, 5.41) is 8.72. The summed E-state index contributed by atoms with van der Waals surface area (Å²) in [6.07, 6.45) is 0. The first-order chi connectivity index (χ1) is 14.9. The average molecular weight is 506 g/mol. The van der Waals surface area contributed by atoms with Gasteiger partial charge in [-0.1, -0.05) is 6.07 Å². The third-order valence-corrected chi connectivity index (χ3v) is 5.52. The number of hydrogen-bond acceptors (Lipinski definition) is 7. The van der Waals surface area contributed by atoms with Gasteiger partial charge in [0.05, 0.1) is 17.7 Å². The molecule has 11 heteroatoms. The van der Waals surface area contributed by atoms with Crippen LogP contribution in [-0.4, -0.2) is 28.3 Å². The maximum Gasteiger partial charge on any atom is 0.359 e. The third kappa shape index (κ3) is 4.01. The zero-order valence-electron chi connectivity index (χ0n) is 15.8. The summed E-state index contributed by atoms with van der Waals surface area (Å²) in [6, 6.07) is 8.24. The van der Waals surface area contributed by atoms with Gasteiger partial charge in [0.25, 0.3) is 11.5 Å². The van der Waals surface area contributed by atoms with Crippen molar-refractivity contribution in [1.29, 1.82) is 0 Å². The number of ether oxygens (including phenoxy) is 1. The Hall–Kier alpha value is -3.31. The van der Waals surface area contributed by atoms with Gasteiger partial charge in [-0.2, -0.15) is 9.78 Å². The number of carbonyl (C=O) groups is 2. The summed E-state index contributed by atoms with van der Waals surface area (Å²) in [5.74, 6) is -1.88. The molecule has 31 heavy (non-hydrogen) atoms. The van der Waals surface area contributed by atoms with Crippen LogP contribution in [0.3, 0.4) is 0 Å². The first-order valence-corrected chi connectivity index (χ1v) is 10.6. The lowest BCUT2D eigenvalue weighted by molar-refractivity contribution is 0.0520. The number of aromatic nitrogens is 2. The number of amides is 1. The summed E-state index contributed by atoms with van der Waals surface area (Å²) in [6.45, 7) is 1.74. The molecule has 0 aliphatic carbocycles. The second kappa shape index (κ2) is 8.44. The molecule has 4 aromatic rings. The highest BCUT2D eigenvalue weighted by Gasteiger charge is 2.24. The summed E-state index contributed by atoms with van der Waals surface area (Å²) in [4.78, 5) is 38.2. The first kappa shape index (κ1) is 20.9. The highest BCUT2D eigenvalue weighted by molar-refractivity contribution is 9.10. The van der Waals surface area contributed by atoms with E-state index in [0.29, 0.717) is 4.67 Å². The van der Waals surface area contributed by atoms with Gasteiger partial charge in [0.2, 0.25) is 0 Å². The number of nitrogens with one attached hydrogen (secondary N) is 1. The Balaban J connectivity index is 1.90. The number of benzene rings is 1. The van der Waals surface area contributed by atoms with Crippen molar-refractivity contribution in [3.63, 3.8) is 0 Å². The lowest BCUT2D eigenvalue weighted by Gasteiger charge is -2.09. The van der Waals surface area contributed by atoms with Crippen molar-refractivity contribution in [2.24, 2.45) is 0 Å². The number of esters is 1. The van der Waals surface area contributed by atoms with Crippen LogP contribution in [0.1, 0.15) is 28.0 Å². The summed E-state index contributed by atoms with van der Waals surface area (Å²) >= 11 is 4.17. The maximum absolute atomic E-state index is 13.8. The Labute approximate surface area is 186 Å². The fraction of sp³-hybridized carbons (Fsp3) is 0.100. The smallest absolute Gasteiger partial charge is 0.359 e. The first-order valence-electron chi connectivity index (χ1n) is 8.93. The average Bonchev–Trinajstić information content (AvgIpc) is 3.35. The van der Waals surface area contributed by atoms with Crippen molar-refractivity contribution < 1.29 is 23.1 Å². The third-order valence-electron chi connectivity index (χ3n) is 4.20. The van der Waals surface area contributed by atoms with Crippen LogP contribution in [0, 0.1) is 5.82 Å². The minimum atomic E-state index is -0.747. The molecular formula is C20H13BrFN3O5S. The van der Waals surface area contributed by atoms with E-state index in [1.807, 2.05) is 0 Å². The van der Waals surface area contributed by atoms with Crippen molar-refractivity contribution in [3.05, 3.63) is 74.1 Å². The van der Waals surface area contributed by atoms with E-state index >= 15 is 0 Å². The quantitative estimate of drug-likeness (QED) is 0.404. The molecule has 0 saturated heterocycles. The van der Waals surface area contributed by atoms with Crippen LogP contribution in [0.2, 0.25) is 0 Å². The number of hydrogen-bond donors (Lipinski definition) is 1. The van der Waals surface area contributed by atoms with Crippen LogP contribution >= 0.6 is 27.3 Å². The Morgan fingerprint density at radius 3 is 2.81 bits per heavy atom. The summed E-state index contributed by atoms with van der Waals surface area (Å²) in [5.41, 5.74) is -0.639. The van der Waals surface area contributed by atoms with Crippen LogP contribution < -0.4 is 10.9 Å². The van der Waals surface area contributed by atoms with E-state index in [1.54, 1.807) is 13.0 Å². The topological polar surface area (TPSA) is 103 Å². The Morgan fingerprint density at radius 2 is 2.13 bits per heavy atom. The number of halogens is 2. The fourth-order valence-corrected chi connectivity index (χ4v) is 4.11. The normalized spacial score (nSPS) is 10.9. The molecule has 1 N–H and O–H groups in total. The molecule has 4 rings (SSSR count).